The molecule has 128 valence electrons. The molecule has 0 fully saturated rings. The fourth-order valence-corrected chi connectivity index (χ4v) is 3.91. The van der Waals surface area contributed by atoms with Gasteiger partial charge in [0.05, 0.1) is 6.04 Å². The average molecular weight is 346 g/mol. The summed E-state index contributed by atoms with van der Waals surface area (Å²) in [7, 11) is -3.55. The van der Waals surface area contributed by atoms with Crippen molar-refractivity contribution in [1.82, 2.24) is 19.5 Å². The van der Waals surface area contributed by atoms with Gasteiger partial charge in [-0.3, -0.25) is 0 Å². The third-order valence-corrected chi connectivity index (χ3v) is 5.28. The first-order valence-corrected chi connectivity index (χ1v) is 9.77. The highest BCUT2D eigenvalue weighted by atomic mass is 32.2. The van der Waals surface area contributed by atoms with Gasteiger partial charge in [0.15, 0.2) is 5.82 Å². The molecular weight excluding hydrogens is 324 g/mol. The Morgan fingerprint density at radius 3 is 2.75 bits per heavy atom. The van der Waals surface area contributed by atoms with E-state index in [9.17, 15) is 8.42 Å². The third-order valence-electron chi connectivity index (χ3n) is 4.11. The Balaban J connectivity index is 1.73. The second-order valence-electron chi connectivity index (χ2n) is 6.03. The molecule has 1 aromatic carbocycles. The SMILES string of the molecule is CC(NS(=O)(=O)/C=C/c1ccccc1)c1nnc2n1CCCCC2. The summed E-state index contributed by atoms with van der Waals surface area (Å²) in [5.41, 5.74) is 0.840. The molecule has 6 nitrogen and oxygen atoms in total. The van der Waals surface area contributed by atoms with Crippen LogP contribution in [-0.4, -0.2) is 23.2 Å². The van der Waals surface area contributed by atoms with Crippen LogP contribution < -0.4 is 4.72 Å². The van der Waals surface area contributed by atoms with Crippen molar-refractivity contribution in [2.75, 3.05) is 0 Å². The smallest absolute Gasteiger partial charge is 0.234 e. The molecule has 0 radical (unpaired) electrons. The van der Waals surface area contributed by atoms with Crippen LogP contribution in [0.5, 0.6) is 0 Å². The molecule has 1 atom stereocenters. The number of aryl methyl sites for hydroxylation is 1. The number of hydrogen-bond acceptors (Lipinski definition) is 4. The van der Waals surface area contributed by atoms with Gasteiger partial charge in [-0.2, -0.15) is 0 Å². The van der Waals surface area contributed by atoms with Gasteiger partial charge in [0.25, 0.3) is 0 Å². The molecule has 2 aromatic rings. The number of sulfonamides is 1. The van der Waals surface area contributed by atoms with E-state index in [1.54, 1.807) is 13.0 Å². The molecule has 0 spiro atoms. The quantitative estimate of drug-likeness (QED) is 0.903. The molecule has 1 unspecified atom stereocenters. The van der Waals surface area contributed by atoms with Gasteiger partial charge in [-0.05, 0) is 31.4 Å². The Bertz CT molecular complexity index is 812. The van der Waals surface area contributed by atoms with Crippen LogP contribution in [0.15, 0.2) is 35.7 Å². The van der Waals surface area contributed by atoms with Crippen LogP contribution in [0.3, 0.4) is 0 Å². The van der Waals surface area contributed by atoms with Crippen molar-refractivity contribution in [2.45, 2.75) is 45.2 Å². The molecule has 3 rings (SSSR count). The maximum absolute atomic E-state index is 12.3. The fraction of sp³-hybridized carbons (Fsp3) is 0.412. The lowest BCUT2D eigenvalue weighted by atomic mass is 10.2. The first-order valence-electron chi connectivity index (χ1n) is 8.22. The highest BCUT2D eigenvalue weighted by Crippen LogP contribution is 2.19. The summed E-state index contributed by atoms with van der Waals surface area (Å²) in [6, 6.07) is 8.92. The van der Waals surface area contributed by atoms with E-state index >= 15 is 0 Å². The molecule has 24 heavy (non-hydrogen) atoms. The van der Waals surface area contributed by atoms with E-state index in [0.717, 1.165) is 37.2 Å². The second kappa shape index (κ2) is 7.27. The highest BCUT2D eigenvalue weighted by Gasteiger charge is 2.22. The zero-order chi connectivity index (χ0) is 17.0. The molecule has 1 N–H and O–H groups in total. The van der Waals surface area contributed by atoms with Gasteiger partial charge in [0.2, 0.25) is 10.0 Å². The van der Waals surface area contributed by atoms with Gasteiger partial charge < -0.3 is 4.57 Å². The summed E-state index contributed by atoms with van der Waals surface area (Å²) in [6.45, 7) is 2.65. The maximum Gasteiger partial charge on any atom is 0.234 e. The lowest BCUT2D eigenvalue weighted by Crippen LogP contribution is -2.27. The summed E-state index contributed by atoms with van der Waals surface area (Å²) in [6.07, 6.45) is 5.84. The normalized spacial score (nSPS) is 16.7. The number of rotatable bonds is 5. The standard InChI is InChI=1S/C17H22N4O2S/c1-14(17-19-18-16-10-6-3-7-12-21(16)17)20-24(22,23)13-11-15-8-4-2-5-9-15/h2,4-5,8-9,11,13-14,20H,3,6-7,10,12H2,1H3/b13-11+. The number of nitrogens with one attached hydrogen (secondary N) is 1. The summed E-state index contributed by atoms with van der Waals surface area (Å²) in [5.74, 6) is 1.64. The molecular formula is C17H22N4O2S. The predicted molar refractivity (Wildman–Crippen MR) is 93.5 cm³/mol. The highest BCUT2D eigenvalue weighted by molar-refractivity contribution is 7.92. The molecule has 2 heterocycles. The van der Waals surface area contributed by atoms with E-state index in [-0.39, 0.29) is 0 Å². The van der Waals surface area contributed by atoms with Gasteiger partial charge in [0, 0.05) is 18.4 Å². The van der Waals surface area contributed by atoms with Crippen molar-refractivity contribution in [3.8, 4) is 0 Å². The molecule has 1 aliphatic rings. The molecule has 0 amide bonds. The van der Waals surface area contributed by atoms with Gasteiger partial charge >= 0.3 is 0 Å². The van der Waals surface area contributed by atoms with E-state index < -0.39 is 16.1 Å². The van der Waals surface area contributed by atoms with Gasteiger partial charge in [-0.1, -0.05) is 36.8 Å². The van der Waals surface area contributed by atoms with Crippen molar-refractivity contribution in [3.63, 3.8) is 0 Å². The number of hydrogen-bond donors (Lipinski definition) is 1. The summed E-state index contributed by atoms with van der Waals surface area (Å²) < 4.78 is 29.3. The Labute approximate surface area is 142 Å². The monoisotopic (exact) mass is 346 g/mol. The molecule has 0 aliphatic carbocycles. The number of fused-ring (bicyclic) bond motifs is 1. The Morgan fingerprint density at radius 2 is 1.96 bits per heavy atom. The molecule has 1 aliphatic heterocycles. The van der Waals surface area contributed by atoms with Crippen LogP contribution in [0.25, 0.3) is 6.08 Å². The van der Waals surface area contributed by atoms with Crippen LogP contribution in [0.2, 0.25) is 0 Å². The van der Waals surface area contributed by atoms with Crippen molar-refractivity contribution in [2.24, 2.45) is 0 Å². The first kappa shape index (κ1) is 16.9. The second-order valence-corrected chi connectivity index (χ2v) is 7.63. The Hall–Kier alpha value is -1.99. The molecule has 1 aromatic heterocycles. The Morgan fingerprint density at radius 1 is 1.17 bits per heavy atom. The van der Waals surface area contributed by atoms with Gasteiger partial charge in [0.1, 0.15) is 5.82 Å². The first-order chi connectivity index (χ1) is 11.6. The van der Waals surface area contributed by atoms with Crippen molar-refractivity contribution in [1.29, 1.82) is 0 Å². The zero-order valence-electron chi connectivity index (χ0n) is 13.7. The average Bonchev–Trinajstić information content (AvgIpc) is 2.83. The van der Waals surface area contributed by atoms with Crippen molar-refractivity contribution < 1.29 is 8.42 Å². The number of benzene rings is 1. The molecule has 7 heteroatoms. The van der Waals surface area contributed by atoms with Crippen molar-refractivity contribution >= 4 is 16.1 Å². The third kappa shape index (κ3) is 4.10. The lowest BCUT2D eigenvalue weighted by Gasteiger charge is -2.14. The van der Waals surface area contributed by atoms with E-state index in [4.69, 9.17) is 0 Å². The summed E-state index contributed by atoms with van der Waals surface area (Å²) in [5, 5.41) is 9.62. The number of aromatic nitrogens is 3. The topological polar surface area (TPSA) is 76.9 Å². The summed E-state index contributed by atoms with van der Waals surface area (Å²) >= 11 is 0. The van der Waals surface area contributed by atoms with E-state index in [1.807, 2.05) is 30.3 Å². The predicted octanol–water partition coefficient (Wildman–Crippen LogP) is 2.66. The van der Waals surface area contributed by atoms with E-state index in [2.05, 4.69) is 19.5 Å². The minimum absolute atomic E-state index is 0.422. The minimum Gasteiger partial charge on any atom is -0.314 e. The molecule has 0 saturated carbocycles. The van der Waals surface area contributed by atoms with E-state index in [1.165, 1.54) is 11.8 Å². The van der Waals surface area contributed by atoms with Crippen LogP contribution >= 0.6 is 0 Å². The minimum atomic E-state index is -3.55. The zero-order valence-corrected chi connectivity index (χ0v) is 14.5. The van der Waals surface area contributed by atoms with Crippen LogP contribution in [-0.2, 0) is 23.0 Å². The van der Waals surface area contributed by atoms with Gasteiger partial charge in [-0.15, -0.1) is 10.2 Å². The maximum atomic E-state index is 12.3. The fourth-order valence-electron chi connectivity index (χ4n) is 2.90. The molecule has 0 saturated heterocycles. The summed E-state index contributed by atoms with van der Waals surface area (Å²) in [4.78, 5) is 0. The molecule has 0 bridgehead atoms. The lowest BCUT2D eigenvalue weighted by molar-refractivity contribution is 0.539. The van der Waals surface area contributed by atoms with E-state index in [0.29, 0.717) is 5.82 Å². The number of nitrogens with zero attached hydrogens (tertiary/aromatic N) is 3. The van der Waals surface area contributed by atoms with Crippen LogP contribution in [0.1, 0.15) is 49.4 Å². The largest absolute Gasteiger partial charge is 0.314 e. The van der Waals surface area contributed by atoms with Crippen LogP contribution in [0.4, 0.5) is 0 Å². The van der Waals surface area contributed by atoms with Gasteiger partial charge in [-0.25, -0.2) is 13.1 Å². The van der Waals surface area contributed by atoms with Crippen molar-refractivity contribution in [3.05, 3.63) is 53.0 Å². The van der Waals surface area contributed by atoms with Crippen LogP contribution in [0, 0.1) is 0 Å². The Kier molecular flexibility index (Phi) is 5.11.